The highest BCUT2D eigenvalue weighted by atomic mass is 16.3. The van der Waals surface area contributed by atoms with Crippen LogP contribution in [0.5, 0.6) is 0 Å². The molecule has 5 nitrogen and oxygen atoms in total. The lowest BCUT2D eigenvalue weighted by Crippen LogP contribution is -2.46. The van der Waals surface area contributed by atoms with E-state index < -0.39 is 0 Å². The second-order valence-electron chi connectivity index (χ2n) is 5.05. The molecule has 19 heavy (non-hydrogen) atoms. The van der Waals surface area contributed by atoms with Crippen LogP contribution in [0.1, 0.15) is 31.4 Å². The lowest BCUT2D eigenvalue weighted by atomic mass is 9.99. The van der Waals surface area contributed by atoms with Crippen molar-refractivity contribution in [1.29, 1.82) is 0 Å². The van der Waals surface area contributed by atoms with Crippen molar-refractivity contribution in [2.75, 3.05) is 19.6 Å². The number of amides is 1. The molecule has 5 heteroatoms. The van der Waals surface area contributed by atoms with Gasteiger partial charge >= 0.3 is 0 Å². The molecule has 0 radical (unpaired) electrons. The van der Waals surface area contributed by atoms with Crippen LogP contribution in [0.4, 0.5) is 0 Å². The Bertz CT molecular complexity index is 376. The van der Waals surface area contributed by atoms with Gasteiger partial charge in [0, 0.05) is 6.04 Å². The smallest absolute Gasteiger partial charge is 0.234 e. The Kier molecular flexibility index (Phi) is 5.42. The number of nitrogens with two attached hydrogens (primary N) is 1. The first-order chi connectivity index (χ1) is 9.29. The normalized spacial score (nSPS) is 20.4. The summed E-state index contributed by atoms with van der Waals surface area (Å²) in [7, 11) is 0. The molecule has 1 amide bonds. The molecule has 0 saturated carbocycles. The van der Waals surface area contributed by atoms with Crippen LogP contribution >= 0.6 is 0 Å². The minimum atomic E-state index is 0.0559. The molecule has 2 heterocycles. The molecular weight excluding hydrogens is 242 g/mol. The minimum Gasteiger partial charge on any atom is -0.467 e. The van der Waals surface area contributed by atoms with E-state index in [1.807, 2.05) is 12.1 Å². The Labute approximate surface area is 114 Å². The number of likely N-dealkylation sites (tertiary alicyclic amines) is 1. The van der Waals surface area contributed by atoms with Gasteiger partial charge in [0.1, 0.15) is 5.76 Å². The lowest BCUT2D eigenvalue weighted by Gasteiger charge is -2.35. The number of furan rings is 1. The molecule has 1 aromatic rings. The Morgan fingerprint density at radius 2 is 2.42 bits per heavy atom. The molecule has 1 fully saturated rings. The summed E-state index contributed by atoms with van der Waals surface area (Å²) in [6.07, 6.45) is 6.17. The third kappa shape index (κ3) is 4.36. The molecule has 1 aliphatic rings. The zero-order chi connectivity index (χ0) is 13.5. The summed E-state index contributed by atoms with van der Waals surface area (Å²) in [6, 6.07) is 4.15. The highest BCUT2D eigenvalue weighted by molar-refractivity contribution is 5.78. The third-order valence-corrected chi connectivity index (χ3v) is 3.64. The summed E-state index contributed by atoms with van der Waals surface area (Å²) >= 11 is 0. The number of nitrogens with one attached hydrogen (secondary N) is 1. The number of carbonyl (C=O) groups is 1. The zero-order valence-corrected chi connectivity index (χ0v) is 11.3. The summed E-state index contributed by atoms with van der Waals surface area (Å²) in [6.45, 7) is 2.61. The zero-order valence-electron chi connectivity index (χ0n) is 11.3. The summed E-state index contributed by atoms with van der Waals surface area (Å²) in [5.41, 5.74) is 5.64. The van der Waals surface area contributed by atoms with Crippen molar-refractivity contribution >= 4 is 5.91 Å². The SMILES string of the molecule is NCCC1CCCCN1CC(=O)NCc1ccco1. The fourth-order valence-electron chi connectivity index (χ4n) is 2.63. The van der Waals surface area contributed by atoms with Crippen LogP contribution in [0.25, 0.3) is 0 Å². The number of hydrogen-bond acceptors (Lipinski definition) is 4. The number of piperidine rings is 1. The molecule has 0 aliphatic carbocycles. The Morgan fingerprint density at radius 1 is 1.53 bits per heavy atom. The average molecular weight is 265 g/mol. The molecule has 106 valence electrons. The predicted octanol–water partition coefficient (Wildman–Crippen LogP) is 1.10. The van der Waals surface area contributed by atoms with Crippen LogP contribution in [0.15, 0.2) is 22.8 Å². The van der Waals surface area contributed by atoms with Crippen molar-refractivity contribution in [3.63, 3.8) is 0 Å². The Morgan fingerprint density at radius 3 is 3.16 bits per heavy atom. The quantitative estimate of drug-likeness (QED) is 0.808. The molecule has 3 N–H and O–H groups in total. The van der Waals surface area contributed by atoms with Crippen molar-refractivity contribution < 1.29 is 9.21 Å². The van der Waals surface area contributed by atoms with Crippen molar-refractivity contribution in [1.82, 2.24) is 10.2 Å². The first kappa shape index (κ1) is 14.1. The van der Waals surface area contributed by atoms with E-state index in [-0.39, 0.29) is 5.91 Å². The van der Waals surface area contributed by atoms with Gasteiger partial charge in [0.2, 0.25) is 5.91 Å². The second-order valence-corrected chi connectivity index (χ2v) is 5.05. The van der Waals surface area contributed by atoms with Crippen molar-refractivity contribution in [3.8, 4) is 0 Å². The van der Waals surface area contributed by atoms with Crippen molar-refractivity contribution in [2.24, 2.45) is 5.73 Å². The van der Waals surface area contributed by atoms with E-state index in [4.69, 9.17) is 10.2 Å². The fraction of sp³-hybridized carbons (Fsp3) is 0.643. The van der Waals surface area contributed by atoms with Gasteiger partial charge in [-0.25, -0.2) is 0 Å². The van der Waals surface area contributed by atoms with Crippen molar-refractivity contribution in [3.05, 3.63) is 24.2 Å². The molecular formula is C14H23N3O2. The lowest BCUT2D eigenvalue weighted by molar-refractivity contribution is -0.123. The highest BCUT2D eigenvalue weighted by Gasteiger charge is 2.23. The first-order valence-electron chi connectivity index (χ1n) is 7.03. The van der Waals surface area contributed by atoms with E-state index in [2.05, 4.69) is 10.2 Å². The van der Waals surface area contributed by atoms with Gasteiger partial charge in [-0.2, -0.15) is 0 Å². The first-order valence-corrected chi connectivity index (χ1v) is 7.03. The Balaban J connectivity index is 1.76. The van der Waals surface area contributed by atoms with E-state index in [0.717, 1.165) is 25.1 Å². The summed E-state index contributed by atoms with van der Waals surface area (Å²) in [5, 5.41) is 2.89. The van der Waals surface area contributed by atoms with E-state index in [1.54, 1.807) is 6.26 Å². The summed E-state index contributed by atoms with van der Waals surface area (Å²) in [5.74, 6) is 0.839. The van der Waals surface area contributed by atoms with Crippen molar-refractivity contribution in [2.45, 2.75) is 38.3 Å². The van der Waals surface area contributed by atoms with Crippen LogP contribution in [0.3, 0.4) is 0 Å². The average Bonchev–Trinajstić information content (AvgIpc) is 2.92. The molecule has 2 rings (SSSR count). The largest absolute Gasteiger partial charge is 0.467 e. The van der Waals surface area contributed by atoms with Gasteiger partial charge in [0.15, 0.2) is 0 Å². The molecule has 0 bridgehead atoms. The van der Waals surface area contributed by atoms with E-state index >= 15 is 0 Å². The molecule has 0 spiro atoms. The van der Waals surface area contributed by atoms with Crippen LogP contribution < -0.4 is 11.1 Å². The molecule has 0 aromatic carbocycles. The molecule has 1 aliphatic heterocycles. The van der Waals surface area contributed by atoms with Crippen LogP contribution in [-0.4, -0.2) is 36.5 Å². The van der Waals surface area contributed by atoms with Gasteiger partial charge in [0.25, 0.3) is 0 Å². The van der Waals surface area contributed by atoms with Crippen LogP contribution in [-0.2, 0) is 11.3 Å². The maximum absolute atomic E-state index is 11.9. The second kappa shape index (κ2) is 7.31. The Hall–Kier alpha value is -1.33. The van der Waals surface area contributed by atoms with Gasteiger partial charge in [-0.1, -0.05) is 6.42 Å². The van der Waals surface area contributed by atoms with Crippen LogP contribution in [0, 0.1) is 0 Å². The van der Waals surface area contributed by atoms with Gasteiger partial charge in [0.05, 0.1) is 19.4 Å². The van der Waals surface area contributed by atoms with Gasteiger partial charge in [-0.3, -0.25) is 9.69 Å². The van der Waals surface area contributed by atoms with Gasteiger partial charge < -0.3 is 15.5 Å². The van der Waals surface area contributed by atoms with E-state index in [9.17, 15) is 4.79 Å². The number of rotatable bonds is 6. The maximum atomic E-state index is 11.9. The molecule has 1 atom stereocenters. The standard InChI is InChI=1S/C14H23N3O2/c15-7-6-12-4-1-2-8-17(12)11-14(18)16-10-13-5-3-9-19-13/h3,5,9,12H,1-2,4,6-8,10-11,15H2,(H,16,18). The van der Waals surface area contributed by atoms with Gasteiger partial charge in [-0.05, 0) is 44.5 Å². The summed E-state index contributed by atoms with van der Waals surface area (Å²) < 4.78 is 5.19. The molecule has 1 saturated heterocycles. The summed E-state index contributed by atoms with van der Waals surface area (Å²) in [4.78, 5) is 14.2. The topological polar surface area (TPSA) is 71.5 Å². The maximum Gasteiger partial charge on any atom is 0.234 e. The minimum absolute atomic E-state index is 0.0559. The van der Waals surface area contributed by atoms with E-state index in [1.165, 1.54) is 12.8 Å². The van der Waals surface area contributed by atoms with Crippen LogP contribution in [0.2, 0.25) is 0 Å². The van der Waals surface area contributed by atoms with E-state index in [0.29, 0.717) is 25.7 Å². The molecule has 1 aromatic heterocycles. The number of hydrogen-bond donors (Lipinski definition) is 2. The van der Waals surface area contributed by atoms with Gasteiger partial charge in [-0.15, -0.1) is 0 Å². The highest BCUT2D eigenvalue weighted by Crippen LogP contribution is 2.18. The molecule has 1 unspecified atom stereocenters. The number of nitrogens with zero attached hydrogens (tertiary/aromatic N) is 1. The number of carbonyl (C=O) groups excluding carboxylic acids is 1. The third-order valence-electron chi connectivity index (χ3n) is 3.64. The monoisotopic (exact) mass is 265 g/mol. The fourth-order valence-corrected chi connectivity index (χ4v) is 2.63. The predicted molar refractivity (Wildman–Crippen MR) is 73.4 cm³/mol.